The van der Waals surface area contributed by atoms with Gasteiger partial charge in [-0.3, -0.25) is 14.4 Å². The number of carbonyl (C=O) groups is 3. The molecule has 7 heteroatoms. The lowest BCUT2D eigenvalue weighted by molar-refractivity contribution is -0.142. The number of rotatable bonds is 11. The highest BCUT2D eigenvalue weighted by Crippen LogP contribution is 2.33. The third-order valence-electron chi connectivity index (χ3n) is 6.15. The van der Waals surface area contributed by atoms with Crippen LogP contribution in [0.2, 0.25) is 0 Å². The van der Waals surface area contributed by atoms with Crippen molar-refractivity contribution in [3.05, 3.63) is 102 Å². The molecular weight excluding hydrogens is 454 g/mol. The Bertz CT molecular complexity index is 1110. The minimum Gasteiger partial charge on any atom is -0.427 e. The molecule has 36 heavy (non-hydrogen) atoms. The molecule has 7 nitrogen and oxygen atoms in total. The van der Waals surface area contributed by atoms with Gasteiger partial charge in [0.2, 0.25) is 11.8 Å². The second-order valence-electron chi connectivity index (χ2n) is 8.69. The largest absolute Gasteiger partial charge is 0.427 e. The first-order valence-corrected chi connectivity index (χ1v) is 12.0. The molecule has 0 aliphatic heterocycles. The summed E-state index contributed by atoms with van der Waals surface area (Å²) in [4.78, 5) is 40.0. The molecule has 0 spiro atoms. The summed E-state index contributed by atoms with van der Waals surface area (Å²) in [5.41, 5.74) is 14.0. The Balaban J connectivity index is 2.09. The lowest BCUT2D eigenvalue weighted by Gasteiger charge is -2.38. The number of benzene rings is 3. The van der Waals surface area contributed by atoms with Gasteiger partial charge in [-0.25, -0.2) is 0 Å². The summed E-state index contributed by atoms with van der Waals surface area (Å²) in [7, 11) is 0. The van der Waals surface area contributed by atoms with Crippen LogP contribution in [0.25, 0.3) is 0 Å². The maximum atomic E-state index is 14.4. The van der Waals surface area contributed by atoms with Crippen molar-refractivity contribution in [2.75, 3.05) is 6.54 Å². The molecule has 0 saturated carbocycles. The fraction of sp³-hybridized carbons (Fsp3) is 0.276. The van der Waals surface area contributed by atoms with E-state index >= 15 is 0 Å². The SMILES string of the molecule is CC(=O)Oc1ccc([C@@H](C)N(C(=O)C(c2ccccc2)c2ccccc2)[C@H](CCCN)C(N)=O)cc1. The molecule has 188 valence electrons. The smallest absolute Gasteiger partial charge is 0.308 e. The highest BCUT2D eigenvalue weighted by molar-refractivity contribution is 5.92. The van der Waals surface area contributed by atoms with E-state index in [0.29, 0.717) is 25.1 Å². The van der Waals surface area contributed by atoms with E-state index in [9.17, 15) is 14.4 Å². The van der Waals surface area contributed by atoms with Gasteiger partial charge in [-0.1, -0.05) is 72.8 Å². The summed E-state index contributed by atoms with van der Waals surface area (Å²) in [5, 5.41) is 0. The molecule has 0 aliphatic rings. The van der Waals surface area contributed by atoms with E-state index in [1.165, 1.54) is 6.92 Å². The van der Waals surface area contributed by atoms with E-state index in [4.69, 9.17) is 16.2 Å². The van der Waals surface area contributed by atoms with Gasteiger partial charge in [0, 0.05) is 6.92 Å². The number of ether oxygens (including phenoxy) is 1. The molecule has 3 rings (SSSR count). The normalized spacial score (nSPS) is 12.6. The van der Waals surface area contributed by atoms with Crippen LogP contribution < -0.4 is 16.2 Å². The third-order valence-corrected chi connectivity index (χ3v) is 6.15. The van der Waals surface area contributed by atoms with Crippen molar-refractivity contribution in [3.8, 4) is 5.75 Å². The van der Waals surface area contributed by atoms with E-state index in [-0.39, 0.29) is 5.91 Å². The van der Waals surface area contributed by atoms with Gasteiger partial charge in [-0.05, 0) is 55.1 Å². The minimum atomic E-state index is -0.848. The molecular formula is C29H33N3O4. The summed E-state index contributed by atoms with van der Waals surface area (Å²) in [6.07, 6.45) is 0.889. The van der Waals surface area contributed by atoms with Crippen molar-refractivity contribution in [1.82, 2.24) is 4.90 Å². The molecule has 3 aromatic carbocycles. The molecule has 3 aromatic rings. The molecule has 0 radical (unpaired) electrons. The van der Waals surface area contributed by atoms with Crippen molar-refractivity contribution in [2.24, 2.45) is 11.5 Å². The molecule has 2 atom stereocenters. The molecule has 0 fully saturated rings. The van der Waals surface area contributed by atoms with Crippen LogP contribution in [0.15, 0.2) is 84.9 Å². The number of primary amides is 1. The van der Waals surface area contributed by atoms with Crippen molar-refractivity contribution in [1.29, 1.82) is 0 Å². The number of hydrogen-bond acceptors (Lipinski definition) is 5. The van der Waals surface area contributed by atoms with Crippen molar-refractivity contribution >= 4 is 17.8 Å². The van der Waals surface area contributed by atoms with E-state index in [1.807, 2.05) is 67.6 Å². The maximum Gasteiger partial charge on any atom is 0.308 e. The summed E-state index contributed by atoms with van der Waals surface area (Å²) in [6.45, 7) is 3.57. The molecule has 0 aliphatic carbocycles. The Morgan fingerprint density at radius 1 is 0.833 bits per heavy atom. The summed E-state index contributed by atoms with van der Waals surface area (Å²) >= 11 is 0. The first-order chi connectivity index (χ1) is 17.3. The fourth-order valence-electron chi connectivity index (χ4n) is 4.40. The fourth-order valence-corrected chi connectivity index (χ4v) is 4.40. The van der Waals surface area contributed by atoms with E-state index in [0.717, 1.165) is 16.7 Å². The zero-order valence-electron chi connectivity index (χ0n) is 20.7. The van der Waals surface area contributed by atoms with Crippen molar-refractivity contribution < 1.29 is 19.1 Å². The van der Waals surface area contributed by atoms with Crippen LogP contribution in [0.1, 0.15) is 55.3 Å². The Hall–Kier alpha value is -3.97. The van der Waals surface area contributed by atoms with Gasteiger partial charge in [-0.15, -0.1) is 0 Å². The Morgan fingerprint density at radius 3 is 1.81 bits per heavy atom. The number of nitrogens with two attached hydrogens (primary N) is 2. The van der Waals surface area contributed by atoms with Crippen LogP contribution in [-0.2, 0) is 14.4 Å². The number of amides is 2. The quantitative estimate of drug-likeness (QED) is 0.314. The van der Waals surface area contributed by atoms with Gasteiger partial charge < -0.3 is 21.1 Å². The van der Waals surface area contributed by atoms with Crippen LogP contribution in [0.3, 0.4) is 0 Å². The first kappa shape index (κ1) is 26.6. The maximum absolute atomic E-state index is 14.4. The summed E-state index contributed by atoms with van der Waals surface area (Å²) in [5.74, 6) is -1.46. The zero-order valence-corrected chi connectivity index (χ0v) is 20.7. The predicted octanol–water partition coefficient (Wildman–Crippen LogP) is 3.93. The minimum absolute atomic E-state index is 0.232. The Labute approximate surface area is 212 Å². The van der Waals surface area contributed by atoms with Crippen molar-refractivity contribution in [2.45, 2.75) is 44.7 Å². The lowest BCUT2D eigenvalue weighted by Crippen LogP contribution is -2.50. The summed E-state index contributed by atoms with van der Waals surface area (Å²) in [6, 6.07) is 24.5. The van der Waals surface area contributed by atoms with Crippen LogP contribution in [-0.4, -0.2) is 35.3 Å². The van der Waals surface area contributed by atoms with Crippen LogP contribution in [0, 0.1) is 0 Å². The number of nitrogens with zero attached hydrogens (tertiary/aromatic N) is 1. The monoisotopic (exact) mass is 487 g/mol. The Morgan fingerprint density at radius 2 is 1.36 bits per heavy atom. The van der Waals surface area contributed by atoms with Gasteiger partial charge in [0.05, 0.1) is 12.0 Å². The number of hydrogen-bond donors (Lipinski definition) is 2. The average Bonchev–Trinajstić information content (AvgIpc) is 2.87. The standard InChI is InChI=1S/C29H33N3O4/c1-20(22-15-17-25(18-16-22)36-21(2)33)32(26(28(31)34)14-9-19-30)29(35)27(23-10-5-3-6-11-23)24-12-7-4-8-13-24/h3-8,10-13,15-18,20,26-27H,9,14,19,30H2,1-2H3,(H2,31,34)/t20-,26-/m1/s1. The second-order valence-corrected chi connectivity index (χ2v) is 8.69. The molecule has 4 N–H and O–H groups in total. The third kappa shape index (κ3) is 6.58. The number of carbonyl (C=O) groups excluding carboxylic acids is 3. The lowest BCUT2D eigenvalue weighted by atomic mass is 9.88. The molecule has 0 unspecified atom stereocenters. The Kier molecular flexibility index (Phi) is 9.36. The first-order valence-electron chi connectivity index (χ1n) is 12.0. The van der Waals surface area contributed by atoms with E-state index < -0.39 is 29.9 Å². The predicted molar refractivity (Wildman–Crippen MR) is 139 cm³/mol. The molecule has 2 amide bonds. The van der Waals surface area contributed by atoms with Crippen LogP contribution in [0.5, 0.6) is 5.75 Å². The highest BCUT2D eigenvalue weighted by atomic mass is 16.5. The molecule has 0 saturated heterocycles. The van der Waals surface area contributed by atoms with E-state index in [1.54, 1.807) is 29.2 Å². The van der Waals surface area contributed by atoms with Crippen molar-refractivity contribution in [3.63, 3.8) is 0 Å². The van der Waals surface area contributed by atoms with Gasteiger partial charge in [0.25, 0.3) is 0 Å². The zero-order chi connectivity index (χ0) is 26.1. The van der Waals surface area contributed by atoms with Gasteiger partial charge in [0.15, 0.2) is 0 Å². The van der Waals surface area contributed by atoms with Gasteiger partial charge >= 0.3 is 5.97 Å². The van der Waals surface area contributed by atoms with Crippen LogP contribution >= 0.6 is 0 Å². The molecule has 0 heterocycles. The van der Waals surface area contributed by atoms with E-state index in [2.05, 4.69) is 0 Å². The number of esters is 1. The average molecular weight is 488 g/mol. The second kappa shape index (κ2) is 12.7. The topological polar surface area (TPSA) is 116 Å². The molecule has 0 aromatic heterocycles. The van der Waals surface area contributed by atoms with Gasteiger partial charge in [0.1, 0.15) is 11.8 Å². The molecule has 0 bridgehead atoms. The summed E-state index contributed by atoms with van der Waals surface area (Å²) < 4.78 is 5.14. The van der Waals surface area contributed by atoms with Gasteiger partial charge in [-0.2, -0.15) is 0 Å². The van der Waals surface area contributed by atoms with Crippen LogP contribution in [0.4, 0.5) is 0 Å². The highest BCUT2D eigenvalue weighted by Gasteiger charge is 2.37.